The standard InChI is InChI=1S/C20H20FN5S2/c1-25-10-13-7-12(8-14(21)17(13)24-25)18-23-19-15(27-18)9-16(28-19)26-6-4-20(26)3-2-5-22-11-20/h7-10,22H,2-6,11H2,1H3. The predicted octanol–water partition coefficient (Wildman–Crippen LogP) is 4.38. The molecule has 2 fully saturated rings. The first kappa shape index (κ1) is 16.9. The average molecular weight is 414 g/mol. The van der Waals surface area contributed by atoms with Crippen molar-refractivity contribution in [3.63, 3.8) is 0 Å². The minimum Gasteiger partial charge on any atom is -0.356 e. The number of nitrogens with zero attached hydrogens (tertiary/aromatic N) is 4. The number of halogens is 1. The molecule has 2 aliphatic rings. The number of aryl methyl sites for hydroxylation is 1. The van der Waals surface area contributed by atoms with Crippen molar-refractivity contribution in [1.29, 1.82) is 0 Å². The molecule has 5 nitrogen and oxygen atoms in total. The van der Waals surface area contributed by atoms with Crippen LogP contribution in [0.25, 0.3) is 31.0 Å². The Bertz CT molecular complexity index is 1170. The zero-order valence-corrected chi connectivity index (χ0v) is 17.2. The van der Waals surface area contributed by atoms with Gasteiger partial charge >= 0.3 is 0 Å². The number of aromatic nitrogens is 3. The van der Waals surface area contributed by atoms with E-state index in [1.165, 1.54) is 29.0 Å². The Morgan fingerprint density at radius 1 is 1.21 bits per heavy atom. The molecule has 2 aliphatic heterocycles. The van der Waals surface area contributed by atoms with Crippen molar-refractivity contribution in [2.75, 3.05) is 24.5 Å². The number of fused-ring (bicyclic) bond motifs is 2. The van der Waals surface area contributed by atoms with Crippen LogP contribution in [0.3, 0.4) is 0 Å². The van der Waals surface area contributed by atoms with Gasteiger partial charge in [-0.15, -0.1) is 11.3 Å². The van der Waals surface area contributed by atoms with Crippen molar-refractivity contribution >= 4 is 48.1 Å². The second-order valence-electron chi connectivity index (χ2n) is 7.88. The summed E-state index contributed by atoms with van der Waals surface area (Å²) in [6.45, 7) is 3.35. The van der Waals surface area contributed by atoms with E-state index in [4.69, 9.17) is 4.98 Å². The molecule has 0 amide bonds. The Labute approximate surface area is 169 Å². The van der Waals surface area contributed by atoms with Crippen LogP contribution in [0.4, 0.5) is 9.39 Å². The van der Waals surface area contributed by atoms with Gasteiger partial charge in [0.2, 0.25) is 0 Å². The fourth-order valence-corrected chi connectivity index (χ4v) is 6.93. The Morgan fingerprint density at radius 3 is 2.89 bits per heavy atom. The molecule has 144 valence electrons. The molecule has 1 spiro atoms. The number of nitrogens with one attached hydrogen (secondary N) is 1. The van der Waals surface area contributed by atoms with Gasteiger partial charge in [0.15, 0.2) is 5.82 Å². The highest BCUT2D eigenvalue weighted by Gasteiger charge is 2.45. The van der Waals surface area contributed by atoms with Gasteiger partial charge in [0.1, 0.15) is 15.4 Å². The van der Waals surface area contributed by atoms with Crippen LogP contribution >= 0.6 is 22.7 Å². The molecule has 1 atom stereocenters. The van der Waals surface area contributed by atoms with Gasteiger partial charge < -0.3 is 10.2 Å². The number of hydrogen-bond acceptors (Lipinski definition) is 6. The van der Waals surface area contributed by atoms with E-state index in [1.807, 2.05) is 19.3 Å². The molecule has 8 heteroatoms. The summed E-state index contributed by atoms with van der Waals surface area (Å²) in [5.41, 5.74) is 1.55. The van der Waals surface area contributed by atoms with Crippen molar-refractivity contribution in [3.05, 3.63) is 30.2 Å². The van der Waals surface area contributed by atoms with Gasteiger partial charge in [-0.3, -0.25) is 4.68 Å². The second-order valence-corrected chi connectivity index (χ2v) is 9.92. The summed E-state index contributed by atoms with van der Waals surface area (Å²) in [5, 5.41) is 10.8. The lowest BCUT2D eigenvalue weighted by Crippen LogP contribution is -2.66. The highest BCUT2D eigenvalue weighted by atomic mass is 32.1. The number of benzene rings is 1. The van der Waals surface area contributed by atoms with Crippen LogP contribution in [-0.4, -0.2) is 39.9 Å². The number of thiophene rings is 1. The smallest absolute Gasteiger partial charge is 0.152 e. The molecule has 3 aromatic heterocycles. The third kappa shape index (κ3) is 2.44. The predicted molar refractivity (Wildman–Crippen MR) is 114 cm³/mol. The lowest BCUT2D eigenvalue weighted by molar-refractivity contribution is 0.213. The zero-order chi connectivity index (χ0) is 18.9. The number of hydrogen-bond donors (Lipinski definition) is 1. The summed E-state index contributed by atoms with van der Waals surface area (Å²) in [7, 11) is 1.81. The van der Waals surface area contributed by atoms with Gasteiger partial charge in [-0.1, -0.05) is 11.3 Å². The summed E-state index contributed by atoms with van der Waals surface area (Å²) in [4.78, 5) is 8.45. The minimum atomic E-state index is -0.292. The minimum absolute atomic E-state index is 0.292. The molecule has 2 saturated heterocycles. The largest absolute Gasteiger partial charge is 0.356 e. The first-order chi connectivity index (χ1) is 13.6. The summed E-state index contributed by atoms with van der Waals surface area (Å²) in [6, 6.07) is 5.80. The maximum absolute atomic E-state index is 14.4. The van der Waals surface area contributed by atoms with Crippen molar-refractivity contribution in [2.45, 2.75) is 24.8 Å². The number of piperidine rings is 1. The Kier molecular flexibility index (Phi) is 3.61. The van der Waals surface area contributed by atoms with Crippen LogP contribution in [0.15, 0.2) is 24.4 Å². The molecule has 1 aromatic carbocycles. The van der Waals surface area contributed by atoms with Crippen molar-refractivity contribution in [1.82, 2.24) is 20.1 Å². The van der Waals surface area contributed by atoms with Gasteiger partial charge in [-0.2, -0.15) is 5.10 Å². The van der Waals surface area contributed by atoms with Crippen LogP contribution in [-0.2, 0) is 7.05 Å². The summed E-state index contributed by atoms with van der Waals surface area (Å²) in [6.07, 6.45) is 5.64. The summed E-state index contributed by atoms with van der Waals surface area (Å²) < 4.78 is 17.3. The fraction of sp³-hybridized carbons (Fsp3) is 0.400. The van der Waals surface area contributed by atoms with E-state index in [0.29, 0.717) is 11.1 Å². The van der Waals surface area contributed by atoms with E-state index in [2.05, 4.69) is 21.4 Å². The van der Waals surface area contributed by atoms with E-state index >= 15 is 0 Å². The first-order valence-corrected chi connectivity index (χ1v) is 11.3. The van der Waals surface area contributed by atoms with E-state index in [9.17, 15) is 4.39 Å². The molecule has 4 aromatic rings. The highest BCUT2D eigenvalue weighted by Crippen LogP contribution is 2.46. The Balaban J connectivity index is 1.35. The molecule has 28 heavy (non-hydrogen) atoms. The van der Waals surface area contributed by atoms with Gasteiger partial charge in [-0.25, -0.2) is 9.37 Å². The number of thiazole rings is 1. The van der Waals surface area contributed by atoms with E-state index in [0.717, 1.165) is 40.4 Å². The quantitative estimate of drug-likeness (QED) is 0.530. The van der Waals surface area contributed by atoms with Crippen molar-refractivity contribution < 1.29 is 4.39 Å². The number of rotatable bonds is 2. The second kappa shape index (κ2) is 5.98. The maximum atomic E-state index is 14.4. The van der Waals surface area contributed by atoms with Crippen LogP contribution in [0, 0.1) is 5.82 Å². The van der Waals surface area contributed by atoms with Gasteiger partial charge in [-0.05, 0) is 44.0 Å². The van der Waals surface area contributed by atoms with E-state index in [1.54, 1.807) is 33.4 Å². The highest BCUT2D eigenvalue weighted by molar-refractivity contribution is 7.30. The Hall–Kier alpha value is -2.03. The van der Waals surface area contributed by atoms with Crippen LogP contribution < -0.4 is 10.2 Å². The molecule has 1 N–H and O–H groups in total. The molecule has 0 radical (unpaired) electrons. The lowest BCUT2D eigenvalue weighted by atomic mass is 9.78. The fourth-order valence-electron chi connectivity index (χ4n) is 4.59. The summed E-state index contributed by atoms with van der Waals surface area (Å²) >= 11 is 3.41. The van der Waals surface area contributed by atoms with Gasteiger partial charge in [0.05, 0.1) is 15.2 Å². The third-order valence-electron chi connectivity index (χ3n) is 6.09. The SMILES string of the molecule is Cn1cc2cc(-c3nc4sc(N5CCC56CCCNC6)cc4s3)cc(F)c2n1. The van der Waals surface area contributed by atoms with Crippen LogP contribution in [0.2, 0.25) is 0 Å². The first-order valence-electron chi connectivity index (χ1n) is 9.63. The maximum Gasteiger partial charge on any atom is 0.152 e. The lowest BCUT2D eigenvalue weighted by Gasteiger charge is -2.55. The molecular formula is C20H20FN5S2. The molecule has 0 bridgehead atoms. The van der Waals surface area contributed by atoms with E-state index < -0.39 is 0 Å². The topological polar surface area (TPSA) is 46.0 Å². The monoisotopic (exact) mass is 413 g/mol. The number of anilines is 1. The van der Waals surface area contributed by atoms with Crippen LogP contribution in [0.1, 0.15) is 19.3 Å². The molecule has 6 rings (SSSR count). The van der Waals surface area contributed by atoms with Crippen molar-refractivity contribution in [3.8, 4) is 10.6 Å². The molecule has 5 heterocycles. The molecule has 0 aliphatic carbocycles. The average Bonchev–Trinajstić information content (AvgIpc) is 3.34. The van der Waals surface area contributed by atoms with E-state index in [-0.39, 0.29) is 5.82 Å². The molecular weight excluding hydrogens is 393 g/mol. The summed E-state index contributed by atoms with van der Waals surface area (Å²) in [5.74, 6) is -0.292. The van der Waals surface area contributed by atoms with Gasteiger partial charge in [0, 0.05) is 37.3 Å². The normalized spacial score (nSPS) is 22.4. The Morgan fingerprint density at radius 2 is 2.14 bits per heavy atom. The van der Waals surface area contributed by atoms with Crippen LogP contribution in [0.5, 0.6) is 0 Å². The van der Waals surface area contributed by atoms with Crippen molar-refractivity contribution in [2.24, 2.45) is 7.05 Å². The zero-order valence-electron chi connectivity index (χ0n) is 15.5. The molecule has 0 saturated carbocycles. The van der Waals surface area contributed by atoms with Gasteiger partial charge in [0.25, 0.3) is 0 Å². The third-order valence-corrected chi connectivity index (χ3v) is 8.32. The molecule has 1 unspecified atom stereocenters.